The molecule has 0 saturated heterocycles. The minimum atomic E-state index is -0.467. The Hall–Kier alpha value is -2.50. The average Bonchev–Trinajstić information content (AvgIpc) is 2.95. The van der Waals surface area contributed by atoms with Crippen molar-refractivity contribution in [3.8, 4) is 0 Å². The first kappa shape index (κ1) is 21.7. The summed E-state index contributed by atoms with van der Waals surface area (Å²) in [5.74, 6) is 0.867. The summed E-state index contributed by atoms with van der Waals surface area (Å²) in [4.78, 5) is 7.05. The Morgan fingerprint density at radius 2 is 1.65 bits per heavy atom. The van der Waals surface area contributed by atoms with Crippen molar-refractivity contribution in [1.29, 1.82) is 0 Å². The van der Waals surface area contributed by atoms with Crippen LogP contribution < -0.4 is 10.2 Å². The SMILES string of the molecule is Cc1ccc(N2C(=S)N=C(Nc3c(C)cccc3C)[C@@]2(C)Cc2ccccc2)c(Br)c1. The molecule has 0 bridgehead atoms. The Balaban J connectivity index is 1.82. The van der Waals surface area contributed by atoms with Gasteiger partial charge in [0.05, 0.1) is 5.69 Å². The lowest BCUT2D eigenvalue weighted by molar-refractivity contribution is 0.625. The van der Waals surface area contributed by atoms with Gasteiger partial charge in [-0.25, -0.2) is 4.99 Å². The average molecular weight is 492 g/mol. The zero-order valence-electron chi connectivity index (χ0n) is 18.2. The van der Waals surface area contributed by atoms with Crippen LogP contribution in [0.1, 0.15) is 29.2 Å². The molecule has 1 N–H and O–H groups in total. The number of anilines is 2. The van der Waals surface area contributed by atoms with E-state index in [9.17, 15) is 0 Å². The van der Waals surface area contributed by atoms with E-state index >= 15 is 0 Å². The molecule has 0 radical (unpaired) electrons. The number of hydrogen-bond acceptors (Lipinski definition) is 2. The first-order chi connectivity index (χ1) is 14.8. The van der Waals surface area contributed by atoms with Crippen LogP contribution in [0.5, 0.6) is 0 Å². The van der Waals surface area contributed by atoms with Crippen LogP contribution in [0.4, 0.5) is 11.4 Å². The molecule has 1 aliphatic heterocycles. The second kappa shape index (κ2) is 8.56. The number of benzene rings is 3. The Kier molecular flexibility index (Phi) is 6.00. The molecule has 5 heteroatoms. The third-order valence-corrected chi connectivity index (χ3v) is 6.77. The summed E-state index contributed by atoms with van der Waals surface area (Å²) in [5.41, 5.74) is 6.45. The van der Waals surface area contributed by atoms with Crippen LogP contribution in [0.15, 0.2) is 76.2 Å². The summed E-state index contributed by atoms with van der Waals surface area (Å²) >= 11 is 9.58. The van der Waals surface area contributed by atoms with E-state index in [1.807, 2.05) is 6.07 Å². The number of aryl methyl sites for hydroxylation is 3. The van der Waals surface area contributed by atoms with Gasteiger partial charge >= 0.3 is 0 Å². The van der Waals surface area contributed by atoms with Crippen molar-refractivity contribution in [3.05, 3.63) is 93.5 Å². The molecule has 1 heterocycles. The summed E-state index contributed by atoms with van der Waals surface area (Å²) in [7, 11) is 0. The third-order valence-electron chi connectivity index (χ3n) is 5.86. The van der Waals surface area contributed by atoms with Crippen molar-refractivity contribution in [2.45, 2.75) is 39.7 Å². The predicted octanol–water partition coefficient (Wildman–Crippen LogP) is 6.99. The molecule has 31 heavy (non-hydrogen) atoms. The Bertz CT molecular complexity index is 1150. The third kappa shape index (κ3) is 4.17. The molecule has 0 unspecified atom stereocenters. The molecule has 158 valence electrons. The Labute approximate surface area is 198 Å². The van der Waals surface area contributed by atoms with Gasteiger partial charge in [0, 0.05) is 16.6 Å². The summed E-state index contributed by atoms with van der Waals surface area (Å²) in [6.07, 6.45) is 0.769. The Morgan fingerprint density at radius 1 is 0.968 bits per heavy atom. The molecule has 4 rings (SSSR count). The standard InChI is InChI=1S/C26H26BrN3S/c1-17-13-14-22(21(27)15-17)30-25(31)29-24(28-23-18(2)9-8-10-19(23)3)26(30,4)16-20-11-6-5-7-12-20/h5-15H,16H2,1-4H3,(H,28,29,31)/t26-/m1/s1. The zero-order valence-corrected chi connectivity index (χ0v) is 20.6. The highest BCUT2D eigenvalue weighted by Gasteiger charge is 2.46. The fourth-order valence-electron chi connectivity index (χ4n) is 4.19. The van der Waals surface area contributed by atoms with Crippen LogP contribution >= 0.6 is 28.1 Å². The number of thiocarbonyl (C=S) groups is 1. The normalized spacial score (nSPS) is 18.3. The van der Waals surface area contributed by atoms with E-state index in [0.717, 1.165) is 28.1 Å². The number of hydrogen-bond donors (Lipinski definition) is 1. The first-order valence-corrected chi connectivity index (χ1v) is 11.6. The van der Waals surface area contributed by atoms with Crippen molar-refractivity contribution in [3.63, 3.8) is 0 Å². The molecule has 0 aromatic heterocycles. The highest BCUT2D eigenvalue weighted by molar-refractivity contribution is 9.10. The molecule has 0 spiro atoms. The first-order valence-electron chi connectivity index (χ1n) is 10.4. The fourth-order valence-corrected chi connectivity index (χ4v) is 5.26. The number of amidine groups is 1. The molecule has 1 atom stereocenters. The van der Waals surface area contributed by atoms with E-state index in [1.54, 1.807) is 0 Å². The van der Waals surface area contributed by atoms with Crippen molar-refractivity contribution in [2.24, 2.45) is 4.99 Å². The molecule has 3 aromatic carbocycles. The molecule has 0 aliphatic carbocycles. The highest BCUT2D eigenvalue weighted by atomic mass is 79.9. The van der Waals surface area contributed by atoms with Crippen LogP contribution in [0.2, 0.25) is 0 Å². The topological polar surface area (TPSA) is 27.6 Å². The summed E-state index contributed by atoms with van der Waals surface area (Å²) in [5, 5.41) is 4.22. The van der Waals surface area contributed by atoms with Crippen LogP contribution in [-0.4, -0.2) is 16.5 Å². The van der Waals surface area contributed by atoms with Gasteiger partial charge in [-0.2, -0.15) is 0 Å². The smallest absolute Gasteiger partial charge is 0.202 e. The number of nitrogens with zero attached hydrogens (tertiary/aromatic N) is 2. The lowest BCUT2D eigenvalue weighted by atomic mass is 9.89. The van der Waals surface area contributed by atoms with Gasteiger partial charge in [-0.3, -0.25) is 0 Å². The lowest BCUT2D eigenvalue weighted by Gasteiger charge is -2.38. The summed E-state index contributed by atoms with van der Waals surface area (Å²) < 4.78 is 1.01. The van der Waals surface area contributed by atoms with Gasteiger partial charge < -0.3 is 10.2 Å². The lowest BCUT2D eigenvalue weighted by Crippen LogP contribution is -2.53. The largest absolute Gasteiger partial charge is 0.341 e. The second-order valence-electron chi connectivity index (χ2n) is 8.36. The molecular weight excluding hydrogens is 466 g/mol. The monoisotopic (exact) mass is 491 g/mol. The number of rotatable bonds is 4. The minimum absolute atomic E-state index is 0.467. The summed E-state index contributed by atoms with van der Waals surface area (Å²) in [6.45, 7) is 8.54. The van der Waals surface area contributed by atoms with Gasteiger partial charge in [-0.1, -0.05) is 54.6 Å². The van der Waals surface area contributed by atoms with Gasteiger partial charge in [0.1, 0.15) is 11.4 Å². The molecule has 3 nitrogen and oxygen atoms in total. The maximum absolute atomic E-state index is 5.82. The van der Waals surface area contributed by atoms with Gasteiger partial charge in [0.25, 0.3) is 0 Å². The van der Waals surface area contributed by atoms with Crippen LogP contribution in [0.25, 0.3) is 0 Å². The molecular formula is C26H26BrN3S. The number of para-hydroxylation sites is 1. The number of nitrogens with one attached hydrogen (secondary N) is 1. The van der Waals surface area contributed by atoms with Crippen LogP contribution in [0, 0.1) is 20.8 Å². The van der Waals surface area contributed by atoms with Gasteiger partial charge in [-0.05, 0) is 90.2 Å². The van der Waals surface area contributed by atoms with E-state index in [-0.39, 0.29) is 0 Å². The van der Waals surface area contributed by atoms with Crippen LogP contribution in [0.3, 0.4) is 0 Å². The zero-order chi connectivity index (χ0) is 22.2. The maximum atomic E-state index is 5.82. The number of halogens is 1. The van der Waals surface area contributed by atoms with E-state index in [1.165, 1.54) is 22.3 Å². The quantitative estimate of drug-likeness (QED) is 0.398. The molecule has 0 amide bonds. The van der Waals surface area contributed by atoms with Crippen molar-refractivity contribution < 1.29 is 0 Å². The molecule has 0 fully saturated rings. The Morgan fingerprint density at radius 3 is 2.29 bits per heavy atom. The van der Waals surface area contributed by atoms with E-state index in [2.05, 4.69) is 115 Å². The molecule has 0 saturated carbocycles. The number of aliphatic imine (C=N–C) groups is 1. The predicted molar refractivity (Wildman–Crippen MR) is 139 cm³/mol. The van der Waals surface area contributed by atoms with Gasteiger partial charge in [-0.15, -0.1) is 0 Å². The van der Waals surface area contributed by atoms with Crippen molar-refractivity contribution in [1.82, 2.24) is 0 Å². The van der Waals surface area contributed by atoms with E-state index in [0.29, 0.717) is 5.11 Å². The van der Waals surface area contributed by atoms with Gasteiger partial charge in [0.2, 0.25) is 5.11 Å². The highest BCUT2D eigenvalue weighted by Crippen LogP contribution is 2.39. The van der Waals surface area contributed by atoms with E-state index in [4.69, 9.17) is 17.2 Å². The fraction of sp³-hybridized carbons (Fsp3) is 0.231. The molecule has 1 aliphatic rings. The van der Waals surface area contributed by atoms with Gasteiger partial charge in [0.15, 0.2) is 0 Å². The van der Waals surface area contributed by atoms with Crippen molar-refractivity contribution in [2.75, 3.05) is 10.2 Å². The minimum Gasteiger partial charge on any atom is -0.341 e. The second-order valence-corrected chi connectivity index (χ2v) is 9.58. The molecule has 3 aromatic rings. The van der Waals surface area contributed by atoms with E-state index < -0.39 is 5.54 Å². The maximum Gasteiger partial charge on any atom is 0.202 e. The van der Waals surface area contributed by atoms with Crippen molar-refractivity contribution >= 4 is 50.5 Å². The van der Waals surface area contributed by atoms with Crippen LogP contribution in [-0.2, 0) is 6.42 Å². The summed E-state index contributed by atoms with van der Waals surface area (Å²) in [6, 6.07) is 23.2.